The molecule has 10 nitrogen and oxygen atoms in total. The predicted molar refractivity (Wildman–Crippen MR) is 312 cm³/mol. The summed E-state index contributed by atoms with van der Waals surface area (Å²) in [7, 11) is 4.66. The Hall–Kier alpha value is -4.07. The van der Waals surface area contributed by atoms with Crippen molar-refractivity contribution < 1.29 is 74.0 Å². The maximum atomic E-state index is 12.9. The summed E-state index contributed by atoms with van der Waals surface area (Å²) < 4.78 is 70.3. The Balaban J connectivity index is 0.000000245. The van der Waals surface area contributed by atoms with Gasteiger partial charge in [-0.25, -0.2) is 13.2 Å². The first-order valence-corrected chi connectivity index (χ1v) is 38.9. The van der Waals surface area contributed by atoms with Crippen molar-refractivity contribution >= 4 is 133 Å². The number of hydrogen-bond acceptors (Lipinski definition) is 10. The molecule has 71 heavy (non-hydrogen) atoms. The summed E-state index contributed by atoms with van der Waals surface area (Å²) >= 11 is 9.54. The van der Waals surface area contributed by atoms with Crippen LogP contribution in [0.3, 0.4) is 0 Å². The maximum Gasteiger partial charge on any atom is 0.135 e. The number of aromatic hydroxyl groups is 2. The maximum absolute atomic E-state index is 12.9. The van der Waals surface area contributed by atoms with Crippen LogP contribution in [-0.2, 0) is 6.61 Å². The van der Waals surface area contributed by atoms with Crippen molar-refractivity contribution in [2.75, 3.05) is 21.3 Å². The minimum Gasteiger partial charge on any atom is -0.508 e. The summed E-state index contributed by atoms with van der Waals surface area (Å²) in [6.45, 7) is 0.271. The topological polar surface area (TPSA) is 138 Å². The average molecular weight is 1650 g/mol. The average Bonchev–Trinajstić information content (AvgIpc) is 4.02. The fraction of sp³-hybridized carbons (Fsp3) is 0.0769. The molecule has 0 bridgehead atoms. The van der Waals surface area contributed by atoms with Gasteiger partial charge in [0.1, 0.15) is 81.2 Å². The first-order chi connectivity index (χ1) is 33.9. The smallest absolute Gasteiger partial charge is 0.135 e. The molecule has 0 saturated carbocycles. The van der Waals surface area contributed by atoms with Crippen molar-refractivity contribution in [3.05, 3.63) is 192 Å². The van der Waals surface area contributed by atoms with Gasteiger partial charge in [0.2, 0.25) is 0 Å². The van der Waals surface area contributed by atoms with Gasteiger partial charge >= 0.3 is 50.5 Å². The summed E-state index contributed by atoms with van der Waals surface area (Å²) in [5, 5.41) is 20.2. The Bertz CT molecular complexity index is 3030. The molecule has 0 unspecified atom stereocenters. The second-order valence-electron chi connectivity index (χ2n) is 13.9. The second kappa shape index (κ2) is 32.9. The number of phenols is 2. The number of hydrogen-bond donors (Lipinski definition) is 2. The molecule has 2 N–H and O–H groups in total. The number of phenolic OH excluding ortho intramolecular Hbond substituents is 2. The standard InChI is InChI=1S/C15H13FO3.C15H11FO2.C14H9FO2.C8H8O3.I3.I2.HI/c1-18-14-6-7-15(12(8-14)9-17)19-10-11-2-4-13(16)5-3-11;1-17-13-6-7-14-11(8-13)9-15(18-14)10-2-4-12(16)5-3-10;15-11-3-1-9(2-4-11)14-8-10-7-12(16)5-6-13(10)17-14;1-11-7-2-3-8(10)6(4-7)5-9;1-3-2;1-2;/h2-9H,10H2,1H3;2-9H,1H3;1-8,16H;2-5,10H,1H3;;;1H/q;;;;-1;;. The van der Waals surface area contributed by atoms with Crippen LogP contribution in [0.1, 0.15) is 26.3 Å². The quantitative estimate of drug-likeness (QED) is 0.101. The summed E-state index contributed by atoms with van der Waals surface area (Å²) in [6, 6.07) is 42.1. The Morgan fingerprint density at radius 2 is 0.944 bits per heavy atom. The molecule has 9 rings (SSSR count). The summed E-state index contributed by atoms with van der Waals surface area (Å²) in [5.41, 5.74) is 4.63. The number of carbonyl (C=O) groups excluding carboxylic acids is 2. The third-order valence-electron chi connectivity index (χ3n) is 9.49. The normalized spacial score (nSPS) is 9.83. The largest absolute Gasteiger partial charge is 0.508 e. The minimum atomic E-state index is -0.290. The van der Waals surface area contributed by atoms with Crippen LogP contribution in [-0.4, -0.2) is 44.1 Å². The number of furan rings is 2. The first-order valence-electron chi connectivity index (χ1n) is 20.1. The number of rotatable bonds is 10. The van der Waals surface area contributed by atoms with E-state index in [4.69, 9.17) is 32.9 Å². The van der Waals surface area contributed by atoms with Gasteiger partial charge in [0.25, 0.3) is 0 Å². The molecule has 9 aromatic rings. The van der Waals surface area contributed by atoms with E-state index in [-0.39, 0.29) is 65.1 Å². The van der Waals surface area contributed by atoms with E-state index in [0.29, 0.717) is 60.0 Å². The predicted octanol–water partition coefficient (Wildman–Crippen LogP) is 13.8. The zero-order valence-corrected chi connectivity index (χ0v) is 50.6. The molecular weight excluding hydrogens is 1600 g/mol. The SMILES string of the molecule is COc1ccc(O)c(C=O)c1.COc1ccc(OCc2ccc(F)cc2)c(C=O)c1.COc1ccc2oc(-c3ccc(F)cc3)cc2c1.I.II.I[I-]I.Oc1ccc2oc(-c3ccc(F)cc3)cc2c1. The number of carbonyl (C=O) groups is 2. The molecule has 19 heteroatoms. The monoisotopic (exact) mass is 1640 g/mol. The van der Waals surface area contributed by atoms with E-state index in [2.05, 4.69) is 74.5 Å². The molecule has 0 atom stereocenters. The van der Waals surface area contributed by atoms with Crippen LogP contribution in [0.2, 0.25) is 0 Å². The number of benzene rings is 7. The molecule has 2 heterocycles. The Morgan fingerprint density at radius 3 is 1.42 bits per heavy atom. The van der Waals surface area contributed by atoms with Crippen LogP contribution < -0.4 is 32.2 Å². The Morgan fingerprint density at radius 1 is 0.535 bits per heavy atom. The van der Waals surface area contributed by atoms with Crippen molar-refractivity contribution in [1.29, 1.82) is 0 Å². The number of halogens is 9. The van der Waals surface area contributed by atoms with E-state index in [0.717, 1.165) is 44.6 Å². The van der Waals surface area contributed by atoms with Gasteiger partial charge in [-0.05, 0) is 151 Å². The van der Waals surface area contributed by atoms with E-state index in [1.54, 1.807) is 86.0 Å². The van der Waals surface area contributed by atoms with Crippen LogP contribution in [0.4, 0.5) is 13.2 Å². The van der Waals surface area contributed by atoms with Crippen molar-refractivity contribution in [1.82, 2.24) is 0 Å². The van der Waals surface area contributed by atoms with Crippen molar-refractivity contribution in [3.8, 4) is 57.1 Å². The molecule has 0 fully saturated rings. The van der Waals surface area contributed by atoms with Crippen LogP contribution in [0, 0.1) is 17.5 Å². The molecule has 0 spiro atoms. The Labute approximate surface area is 477 Å². The van der Waals surface area contributed by atoms with E-state index < -0.39 is 0 Å². The molecule has 0 radical (unpaired) electrons. The summed E-state index contributed by atoms with van der Waals surface area (Å²) in [5.74, 6) is 3.14. The molecule has 7 aromatic carbocycles. The Kier molecular flexibility index (Phi) is 28.4. The van der Waals surface area contributed by atoms with Crippen molar-refractivity contribution in [2.24, 2.45) is 0 Å². The van der Waals surface area contributed by atoms with Crippen molar-refractivity contribution in [3.63, 3.8) is 0 Å². The van der Waals surface area contributed by atoms with E-state index >= 15 is 0 Å². The third-order valence-corrected chi connectivity index (χ3v) is 9.49. The second-order valence-corrected chi connectivity index (χ2v) is 30.1. The molecule has 0 amide bonds. The van der Waals surface area contributed by atoms with Crippen molar-refractivity contribution in [2.45, 2.75) is 6.61 Å². The van der Waals surface area contributed by atoms with E-state index in [9.17, 15) is 27.9 Å². The van der Waals surface area contributed by atoms with Crippen LogP contribution in [0.5, 0.6) is 34.5 Å². The van der Waals surface area contributed by atoms with Gasteiger partial charge in [-0.2, -0.15) is 0 Å². The molecule has 0 aliphatic heterocycles. The fourth-order valence-electron chi connectivity index (χ4n) is 6.06. The molecule has 374 valence electrons. The summed E-state index contributed by atoms with van der Waals surface area (Å²) in [4.78, 5) is 21.2. The van der Waals surface area contributed by atoms with Gasteiger partial charge in [0, 0.05) is 59.1 Å². The summed E-state index contributed by atoms with van der Waals surface area (Å²) in [6.07, 6.45) is 1.29. The van der Waals surface area contributed by atoms with Crippen LogP contribution in [0.25, 0.3) is 44.6 Å². The van der Waals surface area contributed by atoms with E-state index in [1.807, 2.05) is 30.3 Å². The van der Waals surface area contributed by atoms with E-state index in [1.165, 1.54) is 62.8 Å². The fourth-order valence-corrected chi connectivity index (χ4v) is 6.06. The third kappa shape index (κ3) is 19.7. The van der Waals surface area contributed by atoms with Gasteiger partial charge in [-0.3, -0.25) is 9.59 Å². The molecule has 2 aromatic heterocycles. The number of aldehydes is 2. The zero-order chi connectivity index (χ0) is 51.0. The van der Waals surface area contributed by atoms with Gasteiger partial charge in [0.15, 0.2) is 12.6 Å². The molecular formula is C52H42F3I6O10-. The van der Waals surface area contributed by atoms with Gasteiger partial charge in [-0.15, -0.1) is 24.0 Å². The molecule has 0 saturated heterocycles. The molecule has 0 aliphatic carbocycles. The number of ether oxygens (including phenoxy) is 4. The van der Waals surface area contributed by atoms with Gasteiger partial charge in [-0.1, -0.05) is 12.1 Å². The minimum absolute atomic E-state index is 0. The van der Waals surface area contributed by atoms with Gasteiger partial charge in [0.05, 0.1) is 32.5 Å². The molecule has 0 aliphatic rings. The zero-order valence-electron chi connectivity index (χ0n) is 37.5. The van der Waals surface area contributed by atoms with Crippen LogP contribution in [0.15, 0.2) is 167 Å². The van der Waals surface area contributed by atoms with Crippen LogP contribution >= 0.6 is 98.4 Å². The first kappa shape index (κ1) is 61.2. The van der Waals surface area contributed by atoms with Gasteiger partial charge < -0.3 is 38.0 Å². The number of methoxy groups -OCH3 is 3. The number of fused-ring (bicyclic) bond motifs is 2.